The smallest absolute Gasteiger partial charge is 0.251 e. The van der Waals surface area contributed by atoms with E-state index in [4.69, 9.17) is 9.47 Å². The average molecular weight is 559 g/mol. The van der Waals surface area contributed by atoms with Crippen molar-refractivity contribution in [3.8, 4) is 17.0 Å². The Labute approximate surface area is 239 Å². The number of nitrogens with one attached hydrogen (secondary N) is 2. The van der Waals surface area contributed by atoms with Crippen molar-refractivity contribution in [1.82, 2.24) is 20.4 Å². The maximum atomic E-state index is 13.5. The summed E-state index contributed by atoms with van der Waals surface area (Å²) in [6.07, 6.45) is 7.09. The molecule has 1 aliphatic heterocycles. The zero-order valence-corrected chi connectivity index (χ0v) is 23.9. The standard InChI is InChI=1S/C32H38N4O3S/c1-38-18-17-36-15-12-27(13-16-36)39-26-9-6-23(7-10-26)31-28-20-24(8-11-29(28)34-35-31)32(37)33-30(22-4-2-3-5-22)25-14-19-40-21-25/h6-11,14,19-22,27,30H,2-5,12-13,15-18H2,1H3,(H,33,37)(H,34,35). The molecule has 1 atom stereocenters. The van der Waals surface area contributed by atoms with Crippen LogP contribution in [0, 0.1) is 5.92 Å². The summed E-state index contributed by atoms with van der Waals surface area (Å²) < 4.78 is 11.5. The topological polar surface area (TPSA) is 79.5 Å². The Morgan fingerprint density at radius 1 is 1.10 bits per heavy atom. The van der Waals surface area contributed by atoms with Gasteiger partial charge in [-0.25, -0.2) is 0 Å². The van der Waals surface area contributed by atoms with Gasteiger partial charge >= 0.3 is 0 Å². The Kier molecular flexibility index (Phi) is 8.46. The number of fused-ring (bicyclic) bond motifs is 1. The van der Waals surface area contributed by atoms with Crippen LogP contribution in [-0.2, 0) is 4.74 Å². The molecule has 40 heavy (non-hydrogen) atoms. The second kappa shape index (κ2) is 12.5. The van der Waals surface area contributed by atoms with Gasteiger partial charge in [0.2, 0.25) is 0 Å². The summed E-state index contributed by atoms with van der Waals surface area (Å²) in [5.41, 5.74) is 4.62. The summed E-state index contributed by atoms with van der Waals surface area (Å²) in [5.74, 6) is 1.34. The highest BCUT2D eigenvalue weighted by atomic mass is 32.1. The van der Waals surface area contributed by atoms with Gasteiger partial charge in [0, 0.05) is 43.3 Å². The third-order valence-corrected chi connectivity index (χ3v) is 9.16. The fraction of sp³-hybridized carbons (Fsp3) is 0.438. The van der Waals surface area contributed by atoms with Gasteiger partial charge < -0.3 is 19.7 Å². The van der Waals surface area contributed by atoms with Gasteiger partial charge in [-0.3, -0.25) is 9.89 Å². The summed E-state index contributed by atoms with van der Waals surface area (Å²) in [7, 11) is 1.75. The molecule has 7 nitrogen and oxygen atoms in total. The number of methoxy groups -OCH3 is 1. The fourth-order valence-electron chi connectivity index (χ4n) is 6.17. The molecule has 0 bridgehead atoms. The molecule has 1 amide bonds. The number of nitrogens with zero attached hydrogens (tertiary/aromatic N) is 2. The number of aromatic nitrogens is 2. The van der Waals surface area contributed by atoms with Crippen molar-refractivity contribution in [3.63, 3.8) is 0 Å². The van der Waals surface area contributed by atoms with Crippen molar-refractivity contribution in [2.75, 3.05) is 33.4 Å². The summed E-state index contributed by atoms with van der Waals surface area (Å²) >= 11 is 1.69. The van der Waals surface area contributed by atoms with Crippen LogP contribution in [0.3, 0.4) is 0 Å². The van der Waals surface area contributed by atoms with Crippen molar-refractivity contribution < 1.29 is 14.3 Å². The molecular weight excluding hydrogens is 520 g/mol. The van der Waals surface area contributed by atoms with Crippen LogP contribution in [0.25, 0.3) is 22.2 Å². The van der Waals surface area contributed by atoms with E-state index >= 15 is 0 Å². The van der Waals surface area contributed by atoms with Gasteiger partial charge in [0.05, 0.1) is 23.9 Å². The average Bonchev–Trinajstić information content (AvgIpc) is 3.78. The quantitative estimate of drug-likeness (QED) is 0.234. The molecule has 0 spiro atoms. The molecule has 2 N–H and O–H groups in total. The number of thiophene rings is 1. The maximum Gasteiger partial charge on any atom is 0.251 e. The first-order chi connectivity index (χ1) is 19.7. The van der Waals surface area contributed by atoms with Crippen LogP contribution in [0.15, 0.2) is 59.3 Å². The van der Waals surface area contributed by atoms with Crippen LogP contribution in [0.5, 0.6) is 5.75 Å². The minimum absolute atomic E-state index is 0.0332. The number of likely N-dealkylation sites (tertiary alicyclic amines) is 1. The van der Waals surface area contributed by atoms with Crippen molar-refractivity contribution in [2.45, 2.75) is 50.7 Å². The molecule has 1 unspecified atom stereocenters. The number of rotatable bonds is 10. The largest absolute Gasteiger partial charge is 0.490 e. The van der Waals surface area contributed by atoms with Crippen molar-refractivity contribution >= 4 is 28.1 Å². The third kappa shape index (κ3) is 6.09. The van der Waals surface area contributed by atoms with E-state index in [0.717, 1.165) is 67.0 Å². The summed E-state index contributed by atoms with van der Waals surface area (Å²) in [5, 5.41) is 16.3. The molecule has 4 aromatic rings. The lowest BCUT2D eigenvalue weighted by Crippen LogP contribution is -2.39. The molecule has 2 aromatic heterocycles. The molecule has 2 fully saturated rings. The molecule has 1 aliphatic carbocycles. The Morgan fingerprint density at radius 2 is 1.90 bits per heavy atom. The summed E-state index contributed by atoms with van der Waals surface area (Å²) in [6, 6.07) is 16.2. The van der Waals surface area contributed by atoms with E-state index in [0.29, 0.717) is 11.5 Å². The Morgan fingerprint density at radius 3 is 2.62 bits per heavy atom. The molecule has 3 heterocycles. The highest BCUT2D eigenvalue weighted by Gasteiger charge is 2.28. The van der Waals surface area contributed by atoms with Gasteiger partial charge in [0.25, 0.3) is 5.91 Å². The number of aromatic amines is 1. The Balaban J connectivity index is 1.14. The second-order valence-electron chi connectivity index (χ2n) is 11.1. The van der Waals surface area contributed by atoms with Crippen molar-refractivity contribution in [2.24, 2.45) is 5.92 Å². The Bertz CT molecular complexity index is 1390. The molecule has 6 rings (SSSR count). The van der Waals surface area contributed by atoms with E-state index in [1.165, 1.54) is 31.2 Å². The monoisotopic (exact) mass is 558 g/mol. The number of ether oxygens (including phenoxy) is 2. The normalized spacial score (nSPS) is 17.8. The molecular formula is C32H38N4O3S. The number of H-pyrrole nitrogens is 1. The first kappa shape index (κ1) is 27.0. The highest BCUT2D eigenvalue weighted by Crippen LogP contribution is 2.37. The number of amides is 1. The highest BCUT2D eigenvalue weighted by molar-refractivity contribution is 7.08. The van der Waals surface area contributed by atoms with Gasteiger partial charge in [-0.15, -0.1) is 0 Å². The maximum absolute atomic E-state index is 13.5. The Hall–Kier alpha value is -3.20. The van der Waals surface area contributed by atoms with Crippen molar-refractivity contribution in [3.05, 3.63) is 70.4 Å². The first-order valence-electron chi connectivity index (χ1n) is 14.5. The molecule has 1 saturated heterocycles. The van der Waals surface area contributed by atoms with Crippen molar-refractivity contribution in [1.29, 1.82) is 0 Å². The second-order valence-corrected chi connectivity index (χ2v) is 11.8. The minimum Gasteiger partial charge on any atom is -0.490 e. The molecule has 210 valence electrons. The van der Waals surface area contributed by atoms with Gasteiger partial charge in [-0.1, -0.05) is 12.8 Å². The number of piperidine rings is 1. The van der Waals surface area contributed by atoms with E-state index in [1.807, 2.05) is 30.3 Å². The van der Waals surface area contributed by atoms with Crippen LogP contribution < -0.4 is 10.1 Å². The van der Waals surface area contributed by atoms with E-state index in [9.17, 15) is 4.79 Å². The zero-order chi connectivity index (χ0) is 27.3. The lowest BCUT2D eigenvalue weighted by Gasteiger charge is -2.31. The molecule has 1 saturated carbocycles. The summed E-state index contributed by atoms with van der Waals surface area (Å²) in [4.78, 5) is 15.9. The van der Waals surface area contributed by atoms with Gasteiger partial charge in [0.15, 0.2) is 0 Å². The zero-order valence-electron chi connectivity index (χ0n) is 23.1. The van der Waals surface area contributed by atoms with Gasteiger partial charge in [-0.05, 0) is 96.5 Å². The number of benzene rings is 2. The van der Waals surface area contributed by atoms with Crippen LogP contribution in [-0.4, -0.2) is 60.5 Å². The number of carbonyl (C=O) groups is 1. The van der Waals surface area contributed by atoms with E-state index < -0.39 is 0 Å². The van der Waals surface area contributed by atoms with E-state index in [1.54, 1.807) is 18.4 Å². The molecule has 0 radical (unpaired) electrons. The number of hydrogen-bond acceptors (Lipinski definition) is 6. The summed E-state index contributed by atoms with van der Waals surface area (Å²) in [6.45, 7) is 3.83. The van der Waals surface area contributed by atoms with Crippen LogP contribution >= 0.6 is 11.3 Å². The number of hydrogen-bond donors (Lipinski definition) is 2. The molecule has 8 heteroatoms. The lowest BCUT2D eigenvalue weighted by atomic mass is 9.93. The fourth-order valence-corrected chi connectivity index (χ4v) is 6.87. The van der Waals surface area contributed by atoms with Gasteiger partial charge in [-0.2, -0.15) is 16.4 Å². The van der Waals surface area contributed by atoms with Crippen LogP contribution in [0.2, 0.25) is 0 Å². The predicted molar refractivity (Wildman–Crippen MR) is 160 cm³/mol. The third-order valence-electron chi connectivity index (χ3n) is 8.46. The minimum atomic E-state index is -0.0332. The molecule has 2 aliphatic rings. The first-order valence-corrected chi connectivity index (χ1v) is 15.4. The SMILES string of the molecule is COCCN1CCC(Oc2ccc(-c3n[nH]c4ccc(C(=O)NC(c5ccsc5)C5CCCC5)cc34)cc2)CC1. The van der Waals surface area contributed by atoms with E-state index in [2.05, 4.69) is 49.4 Å². The predicted octanol–water partition coefficient (Wildman–Crippen LogP) is 6.44. The molecule has 2 aromatic carbocycles. The van der Waals surface area contributed by atoms with Crippen LogP contribution in [0.1, 0.15) is 60.5 Å². The number of carbonyl (C=O) groups excluding carboxylic acids is 1. The lowest BCUT2D eigenvalue weighted by molar-refractivity contribution is 0.0797. The van der Waals surface area contributed by atoms with E-state index in [-0.39, 0.29) is 18.1 Å². The van der Waals surface area contributed by atoms with Crippen LogP contribution in [0.4, 0.5) is 0 Å². The van der Waals surface area contributed by atoms with Gasteiger partial charge in [0.1, 0.15) is 11.9 Å².